The minimum Gasteiger partial charge on any atom is -0.480 e. The van der Waals surface area contributed by atoms with Crippen molar-refractivity contribution in [2.24, 2.45) is 11.1 Å². The summed E-state index contributed by atoms with van der Waals surface area (Å²) in [6.45, 7) is 3.69. The lowest BCUT2D eigenvalue weighted by atomic mass is 9.78. The van der Waals surface area contributed by atoms with E-state index in [-0.39, 0.29) is 0 Å². The molecule has 0 aromatic rings. The highest BCUT2D eigenvalue weighted by Crippen LogP contribution is 2.29. The van der Waals surface area contributed by atoms with Gasteiger partial charge in [0.05, 0.1) is 0 Å². The summed E-state index contributed by atoms with van der Waals surface area (Å²) in [5.41, 5.74) is 3.78. The fraction of sp³-hybridized carbons (Fsp3) is 0.778. The predicted octanol–water partition coefficient (Wildman–Crippen LogP) is 1.14. The van der Waals surface area contributed by atoms with Crippen LogP contribution >= 0.6 is 0 Å². The number of carbonyl (C=O) groups excluding carboxylic acids is 1. The van der Waals surface area contributed by atoms with Crippen LogP contribution in [0.4, 0.5) is 0 Å². The van der Waals surface area contributed by atoms with Gasteiger partial charge in [-0.25, -0.2) is 0 Å². The summed E-state index contributed by atoms with van der Waals surface area (Å²) in [6.07, 6.45) is 1.95. The van der Waals surface area contributed by atoms with Crippen LogP contribution in [-0.2, 0) is 9.59 Å². The molecule has 0 spiro atoms. The maximum absolute atomic E-state index is 11.1. The number of rotatable bonds is 6. The maximum Gasteiger partial charge on any atom is 0.319 e. The normalized spacial score (nSPS) is 11.2. The zero-order chi connectivity index (χ0) is 10.5. The van der Waals surface area contributed by atoms with Crippen LogP contribution < -0.4 is 5.73 Å². The molecule has 0 aliphatic rings. The molecule has 0 fully saturated rings. The van der Waals surface area contributed by atoms with Crippen LogP contribution in [-0.4, -0.2) is 17.0 Å². The maximum atomic E-state index is 11.1. The van der Waals surface area contributed by atoms with Crippen molar-refractivity contribution in [2.75, 3.05) is 0 Å². The molecule has 0 aromatic heterocycles. The average Bonchev–Trinajstić information content (AvgIpc) is 2.03. The first-order valence-electron chi connectivity index (χ1n) is 4.54. The second kappa shape index (κ2) is 4.84. The third kappa shape index (κ3) is 2.44. The van der Waals surface area contributed by atoms with Gasteiger partial charge in [-0.1, -0.05) is 26.7 Å². The zero-order valence-electron chi connectivity index (χ0n) is 8.17. The SMILES string of the molecule is CCCC(CCC)(C(N)=O)C(=O)O. The zero-order valence-corrected chi connectivity index (χ0v) is 8.17. The van der Waals surface area contributed by atoms with Crippen LogP contribution in [0.5, 0.6) is 0 Å². The van der Waals surface area contributed by atoms with Crippen LogP contribution in [0.15, 0.2) is 0 Å². The van der Waals surface area contributed by atoms with E-state index < -0.39 is 17.3 Å². The van der Waals surface area contributed by atoms with E-state index in [4.69, 9.17) is 10.8 Å². The molecule has 0 saturated heterocycles. The van der Waals surface area contributed by atoms with Gasteiger partial charge in [-0.2, -0.15) is 0 Å². The lowest BCUT2D eigenvalue weighted by Gasteiger charge is -2.24. The van der Waals surface area contributed by atoms with E-state index >= 15 is 0 Å². The molecule has 0 aliphatic heterocycles. The summed E-state index contributed by atoms with van der Waals surface area (Å²) >= 11 is 0. The molecule has 1 amide bonds. The van der Waals surface area contributed by atoms with Gasteiger partial charge in [0.1, 0.15) is 5.41 Å². The Kier molecular flexibility index (Phi) is 4.45. The second-order valence-corrected chi connectivity index (χ2v) is 3.25. The molecule has 13 heavy (non-hydrogen) atoms. The van der Waals surface area contributed by atoms with Gasteiger partial charge >= 0.3 is 5.97 Å². The Morgan fingerprint density at radius 3 is 1.77 bits per heavy atom. The summed E-state index contributed by atoms with van der Waals surface area (Å²) in [4.78, 5) is 22.0. The molecule has 0 radical (unpaired) electrons. The molecule has 0 unspecified atom stereocenters. The van der Waals surface area contributed by atoms with Crippen molar-refractivity contribution in [3.8, 4) is 0 Å². The van der Waals surface area contributed by atoms with Crippen LogP contribution in [0.3, 0.4) is 0 Å². The Morgan fingerprint density at radius 2 is 1.62 bits per heavy atom. The van der Waals surface area contributed by atoms with Gasteiger partial charge in [0, 0.05) is 0 Å². The van der Waals surface area contributed by atoms with Crippen LogP contribution in [0, 0.1) is 5.41 Å². The molecule has 0 aromatic carbocycles. The van der Waals surface area contributed by atoms with Crippen LogP contribution in [0.25, 0.3) is 0 Å². The van der Waals surface area contributed by atoms with Gasteiger partial charge < -0.3 is 10.8 Å². The molecular formula is C9H17NO3. The summed E-state index contributed by atoms with van der Waals surface area (Å²) in [7, 11) is 0. The lowest BCUT2D eigenvalue weighted by molar-refractivity contribution is -0.155. The molecule has 0 rings (SSSR count). The van der Waals surface area contributed by atoms with Gasteiger partial charge in [-0.15, -0.1) is 0 Å². The number of primary amides is 1. The molecule has 4 nitrogen and oxygen atoms in total. The smallest absolute Gasteiger partial charge is 0.319 e. The number of carbonyl (C=O) groups is 2. The predicted molar refractivity (Wildman–Crippen MR) is 49.1 cm³/mol. The quantitative estimate of drug-likeness (QED) is 0.612. The summed E-state index contributed by atoms with van der Waals surface area (Å²) in [5, 5.41) is 8.96. The van der Waals surface area contributed by atoms with E-state index in [0.717, 1.165) is 0 Å². The molecule has 76 valence electrons. The van der Waals surface area contributed by atoms with E-state index in [1.807, 2.05) is 13.8 Å². The minimum absolute atomic E-state index is 0.325. The Hall–Kier alpha value is -1.06. The Labute approximate surface area is 78.1 Å². The van der Waals surface area contributed by atoms with Crippen molar-refractivity contribution in [1.82, 2.24) is 0 Å². The molecule has 0 aliphatic carbocycles. The monoisotopic (exact) mass is 187 g/mol. The van der Waals surface area contributed by atoms with E-state index in [1.165, 1.54) is 0 Å². The van der Waals surface area contributed by atoms with Crippen LogP contribution in [0.1, 0.15) is 39.5 Å². The van der Waals surface area contributed by atoms with Crippen molar-refractivity contribution in [2.45, 2.75) is 39.5 Å². The van der Waals surface area contributed by atoms with E-state index in [0.29, 0.717) is 25.7 Å². The van der Waals surface area contributed by atoms with Crippen LogP contribution in [0.2, 0.25) is 0 Å². The number of hydrogen-bond donors (Lipinski definition) is 2. The average molecular weight is 187 g/mol. The number of amides is 1. The largest absolute Gasteiger partial charge is 0.480 e. The molecule has 0 bridgehead atoms. The van der Waals surface area contributed by atoms with Gasteiger partial charge in [-0.3, -0.25) is 9.59 Å². The third-order valence-corrected chi connectivity index (χ3v) is 2.23. The highest BCUT2D eigenvalue weighted by Gasteiger charge is 2.42. The van der Waals surface area contributed by atoms with Crippen molar-refractivity contribution >= 4 is 11.9 Å². The molecule has 3 N–H and O–H groups in total. The minimum atomic E-state index is -1.34. The molecule has 4 heteroatoms. The Bertz CT molecular complexity index is 179. The van der Waals surface area contributed by atoms with Crippen molar-refractivity contribution in [3.63, 3.8) is 0 Å². The Morgan fingerprint density at radius 1 is 1.23 bits per heavy atom. The topological polar surface area (TPSA) is 80.4 Å². The first-order chi connectivity index (χ1) is 6.01. The number of aliphatic carboxylic acids is 1. The van der Waals surface area contributed by atoms with Crippen molar-refractivity contribution in [1.29, 1.82) is 0 Å². The molecular weight excluding hydrogens is 170 g/mol. The third-order valence-electron chi connectivity index (χ3n) is 2.23. The van der Waals surface area contributed by atoms with Crippen molar-refractivity contribution in [3.05, 3.63) is 0 Å². The lowest BCUT2D eigenvalue weighted by Crippen LogP contribution is -2.43. The number of nitrogens with two attached hydrogens (primary N) is 1. The van der Waals surface area contributed by atoms with Crippen molar-refractivity contribution < 1.29 is 14.7 Å². The second-order valence-electron chi connectivity index (χ2n) is 3.25. The molecule has 0 atom stereocenters. The first-order valence-corrected chi connectivity index (χ1v) is 4.54. The summed E-state index contributed by atoms with van der Waals surface area (Å²) < 4.78 is 0. The van der Waals surface area contributed by atoms with Gasteiger partial charge in [-0.05, 0) is 12.8 Å². The number of carboxylic acid groups (broad SMARTS) is 1. The van der Waals surface area contributed by atoms with Gasteiger partial charge in [0.2, 0.25) is 5.91 Å². The van der Waals surface area contributed by atoms with Gasteiger partial charge in [0.25, 0.3) is 0 Å². The number of hydrogen-bond acceptors (Lipinski definition) is 2. The standard InChI is InChI=1S/C9H17NO3/c1-3-5-9(6-4-2,7(10)11)8(12)13/h3-6H2,1-2H3,(H2,10,11)(H,12,13). The van der Waals surface area contributed by atoms with E-state index in [1.54, 1.807) is 0 Å². The summed E-state index contributed by atoms with van der Waals surface area (Å²) in [6, 6.07) is 0. The van der Waals surface area contributed by atoms with Gasteiger partial charge in [0.15, 0.2) is 0 Å². The highest BCUT2D eigenvalue weighted by molar-refractivity contribution is 6.01. The molecule has 0 heterocycles. The fourth-order valence-electron chi connectivity index (χ4n) is 1.54. The van der Waals surface area contributed by atoms with E-state index in [2.05, 4.69) is 0 Å². The Balaban J connectivity index is 4.80. The summed E-state index contributed by atoms with van der Waals surface area (Å²) in [5.74, 6) is -1.81. The molecule has 0 saturated carbocycles. The fourth-order valence-corrected chi connectivity index (χ4v) is 1.54. The number of carboxylic acids is 1. The first kappa shape index (κ1) is 11.9. The van der Waals surface area contributed by atoms with E-state index in [9.17, 15) is 9.59 Å². The highest BCUT2D eigenvalue weighted by atomic mass is 16.4.